The van der Waals surface area contributed by atoms with E-state index in [1.807, 2.05) is 0 Å². The molecule has 0 heterocycles. The smallest absolute Gasteiger partial charge is 0.408 e. The van der Waals surface area contributed by atoms with Crippen LogP contribution in [0, 0.1) is 0 Å². The van der Waals surface area contributed by atoms with Crippen molar-refractivity contribution in [1.82, 2.24) is 5.32 Å². The summed E-state index contributed by atoms with van der Waals surface area (Å²) < 4.78 is 10.4. The third-order valence-electron chi connectivity index (χ3n) is 4.73. The first kappa shape index (κ1) is 22.1. The molecule has 1 N–H and O–H groups in total. The Morgan fingerprint density at radius 1 is 0.920 bits per heavy atom. The van der Waals surface area contributed by atoms with Gasteiger partial charge in [0.15, 0.2) is 0 Å². The largest absolute Gasteiger partial charge is 0.464 e. The Kier molecular flexibility index (Phi) is 11.7. The quantitative estimate of drug-likeness (QED) is 0.281. The summed E-state index contributed by atoms with van der Waals surface area (Å²) >= 11 is 5.51. The number of hydrogen-bond acceptors (Lipinski definition) is 4. The Balaban J connectivity index is 2.22. The standard InChI is InChI=1S/C19H34ClNO4/c1-2-3-4-5-6-7-8-11-15-24-17(22)19(12-9-10-13-19)21-18(23)25-16-14-20/h2-16H2,1H3,(H,21,23). The van der Waals surface area contributed by atoms with E-state index in [1.54, 1.807) is 0 Å². The molecule has 1 aliphatic carbocycles. The number of carbonyl (C=O) groups is 2. The zero-order valence-corrected chi connectivity index (χ0v) is 16.4. The number of esters is 1. The van der Waals surface area contributed by atoms with E-state index in [-0.39, 0.29) is 18.5 Å². The zero-order chi connectivity index (χ0) is 18.4. The molecule has 0 saturated heterocycles. The van der Waals surface area contributed by atoms with Gasteiger partial charge < -0.3 is 14.8 Å². The maximum Gasteiger partial charge on any atom is 0.408 e. The number of unbranched alkanes of at least 4 members (excludes halogenated alkanes) is 7. The van der Waals surface area contributed by atoms with Gasteiger partial charge >= 0.3 is 12.1 Å². The first-order valence-corrected chi connectivity index (χ1v) is 10.4. The van der Waals surface area contributed by atoms with E-state index in [2.05, 4.69) is 12.2 Å². The van der Waals surface area contributed by atoms with E-state index in [0.29, 0.717) is 19.4 Å². The van der Waals surface area contributed by atoms with Crippen LogP contribution in [0.5, 0.6) is 0 Å². The molecule has 0 aromatic carbocycles. The van der Waals surface area contributed by atoms with Crippen molar-refractivity contribution >= 4 is 23.7 Å². The first-order valence-electron chi connectivity index (χ1n) is 9.83. The van der Waals surface area contributed by atoms with Gasteiger partial charge in [0, 0.05) is 0 Å². The van der Waals surface area contributed by atoms with Crippen LogP contribution in [-0.4, -0.2) is 36.7 Å². The Morgan fingerprint density at radius 3 is 2.12 bits per heavy atom. The molecule has 25 heavy (non-hydrogen) atoms. The average Bonchev–Trinajstić information content (AvgIpc) is 3.08. The van der Waals surface area contributed by atoms with Crippen LogP contribution in [-0.2, 0) is 14.3 Å². The van der Waals surface area contributed by atoms with Gasteiger partial charge in [-0.3, -0.25) is 0 Å². The third kappa shape index (κ3) is 8.80. The Labute approximate surface area is 157 Å². The van der Waals surface area contributed by atoms with Gasteiger partial charge in [-0.25, -0.2) is 9.59 Å². The van der Waals surface area contributed by atoms with Gasteiger partial charge in [-0.2, -0.15) is 0 Å². The summed E-state index contributed by atoms with van der Waals surface area (Å²) in [6.45, 7) is 2.78. The van der Waals surface area contributed by atoms with Crippen LogP contribution >= 0.6 is 11.6 Å². The molecule has 0 aromatic heterocycles. The van der Waals surface area contributed by atoms with E-state index in [1.165, 1.54) is 38.5 Å². The number of nitrogens with one attached hydrogen (secondary N) is 1. The molecule has 5 nitrogen and oxygen atoms in total. The summed E-state index contributed by atoms with van der Waals surface area (Å²) in [5.74, 6) is -0.0840. The van der Waals surface area contributed by atoms with E-state index in [9.17, 15) is 9.59 Å². The molecule has 1 fully saturated rings. The van der Waals surface area contributed by atoms with Gasteiger partial charge in [0.2, 0.25) is 0 Å². The lowest BCUT2D eigenvalue weighted by Crippen LogP contribution is -2.53. The fourth-order valence-corrected chi connectivity index (χ4v) is 3.34. The SMILES string of the molecule is CCCCCCCCCCOC(=O)C1(NC(=O)OCCCl)CCCC1. The highest BCUT2D eigenvalue weighted by Gasteiger charge is 2.44. The number of ether oxygens (including phenoxy) is 2. The number of rotatable bonds is 13. The second-order valence-electron chi connectivity index (χ2n) is 6.85. The van der Waals surface area contributed by atoms with E-state index < -0.39 is 11.6 Å². The maximum atomic E-state index is 12.5. The van der Waals surface area contributed by atoms with E-state index in [4.69, 9.17) is 21.1 Å². The molecule has 0 bridgehead atoms. The van der Waals surface area contributed by atoms with E-state index in [0.717, 1.165) is 25.7 Å². The Morgan fingerprint density at radius 2 is 1.52 bits per heavy atom. The van der Waals surface area contributed by atoms with Crippen molar-refractivity contribution in [2.24, 2.45) is 0 Å². The van der Waals surface area contributed by atoms with Gasteiger partial charge in [0.25, 0.3) is 0 Å². The van der Waals surface area contributed by atoms with Crippen molar-refractivity contribution in [2.45, 2.75) is 89.5 Å². The van der Waals surface area contributed by atoms with Crippen molar-refractivity contribution < 1.29 is 19.1 Å². The molecule has 0 radical (unpaired) electrons. The lowest BCUT2D eigenvalue weighted by atomic mass is 9.98. The summed E-state index contributed by atoms with van der Waals surface area (Å²) in [6.07, 6.45) is 12.1. The van der Waals surface area contributed by atoms with Crippen LogP contribution in [0.25, 0.3) is 0 Å². The number of halogens is 1. The van der Waals surface area contributed by atoms with Crippen LogP contribution in [0.1, 0.15) is 84.0 Å². The summed E-state index contributed by atoms with van der Waals surface area (Å²) in [4.78, 5) is 24.3. The van der Waals surface area contributed by atoms with Gasteiger partial charge in [-0.15, -0.1) is 11.6 Å². The van der Waals surface area contributed by atoms with E-state index >= 15 is 0 Å². The molecule has 0 aromatic rings. The molecule has 0 unspecified atom stereocenters. The lowest BCUT2D eigenvalue weighted by Gasteiger charge is -2.27. The number of alkyl halides is 1. The van der Waals surface area contributed by atoms with Crippen LogP contribution in [0.4, 0.5) is 4.79 Å². The molecule has 146 valence electrons. The average molecular weight is 376 g/mol. The fraction of sp³-hybridized carbons (Fsp3) is 0.895. The predicted molar refractivity (Wildman–Crippen MR) is 100.0 cm³/mol. The second kappa shape index (κ2) is 13.3. The summed E-state index contributed by atoms with van der Waals surface area (Å²) in [7, 11) is 0. The van der Waals surface area contributed by atoms with Gasteiger partial charge in [-0.1, -0.05) is 64.7 Å². The highest BCUT2D eigenvalue weighted by atomic mass is 35.5. The topological polar surface area (TPSA) is 64.6 Å². The second-order valence-corrected chi connectivity index (χ2v) is 7.23. The summed E-state index contributed by atoms with van der Waals surface area (Å²) in [5, 5.41) is 2.71. The minimum Gasteiger partial charge on any atom is -0.464 e. The molecule has 6 heteroatoms. The molecule has 0 aliphatic heterocycles. The fourth-order valence-electron chi connectivity index (χ4n) is 3.26. The molecule has 0 spiro atoms. The predicted octanol–water partition coefficient (Wildman–Crippen LogP) is 4.95. The van der Waals surface area contributed by atoms with Crippen molar-refractivity contribution in [2.75, 3.05) is 19.1 Å². The summed E-state index contributed by atoms with van der Waals surface area (Å²) in [5.41, 5.74) is -0.913. The highest BCUT2D eigenvalue weighted by Crippen LogP contribution is 2.31. The Hall–Kier alpha value is -0.970. The molecule has 0 atom stereocenters. The molecule has 1 saturated carbocycles. The van der Waals surface area contributed by atoms with Gasteiger partial charge in [0.1, 0.15) is 12.1 Å². The van der Waals surface area contributed by atoms with Crippen molar-refractivity contribution in [3.05, 3.63) is 0 Å². The number of hydrogen-bond donors (Lipinski definition) is 1. The van der Waals surface area contributed by atoms with Crippen molar-refractivity contribution in [3.8, 4) is 0 Å². The molecule has 1 aliphatic rings. The zero-order valence-electron chi connectivity index (χ0n) is 15.6. The van der Waals surface area contributed by atoms with Crippen molar-refractivity contribution in [3.63, 3.8) is 0 Å². The van der Waals surface area contributed by atoms with Crippen molar-refractivity contribution in [1.29, 1.82) is 0 Å². The molecular weight excluding hydrogens is 342 g/mol. The summed E-state index contributed by atoms with van der Waals surface area (Å²) in [6, 6.07) is 0. The van der Waals surface area contributed by atoms with Crippen LogP contribution in [0.15, 0.2) is 0 Å². The molecular formula is C19H34ClNO4. The number of alkyl carbamates (subject to hydrolysis) is 1. The minimum atomic E-state index is -0.913. The maximum absolute atomic E-state index is 12.5. The third-order valence-corrected chi connectivity index (χ3v) is 4.88. The number of amides is 1. The number of carbonyl (C=O) groups excluding carboxylic acids is 2. The molecule has 1 amide bonds. The molecule has 1 rings (SSSR count). The van der Waals surface area contributed by atoms with Gasteiger partial charge in [0.05, 0.1) is 12.5 Å². The van der Waals surface area contributed by atoms with Crippen LogP contribution in [0.3, 0.4) is 0 Å². The minimum absolute atomic E-state index is 0.136. The first-order chi connectivity index (χ1) is 12.1. The lowest BCUT2D eigenvalue weighted by molar-refractivity contribution is -0.151. The van der Waals surface area contributed by atoms with Gasteiger partial charge in [-0.05, 0) is 19.3 Å². The monoisotopic (exact) mass is 375 g/mol. The van der Waals surface area contributed by atoms with Crippen LogP contribution in [0.2, 0.25) is 0 Å². The Bertz CT molecular complexity index is 384. The van der Waals surface area contributed by atoms with Crippen LogP contribution < -0.4 is 5.32 Å². The normalized spacial score (nSPS) is 15.8. The highest BCUT2D eigenvalue weighted by molar-refractivity contribution is 6.18.